The molecule has 0 heterocycles. The van der Waals surface area contributed by atoms with Crippen LogP contribution in [-0.4, -0.2) is 10.9 Å². The molecule has 0 aromatic heterocycles. The van der Waals surface area contributed by atoms with Gasteiger partial charge in [0, 0.05) is 11.5 Å². The minimum absolute atomic E-state index is 0.0985. The largest absolute Gasteiger partial charge is 0.515 e. The fourth-order valence-corrected chi connectivity index (χ4v) is 2.87. The molecule has 0 aromatic rings. The second kappa shape index (κ2) is 2.37. The molecule has 0 radical (unpaired) electrons. The molecule has 2 saturated carbocycles. The van der Waals surface area contributed by atoms with Crippen molar-refractivity contribution in [3.63, 3.8) is 0 Å². The summed E-state index contributed by atoms with van der Waals surface area (Å²) in [5.41, 5.74) is 0.892. The highest BCUT2D eigenvalue weighted by Crippen LogP contribution is 2.66. The van der Waals surface area contributed by atoms with Crippen LogP contribution in [0.15, 0.2) is 11.8 Å². The second-order valence-corrected chi connectivity index (χ2v) is 4.99. The summed E-state index contributed by atoms with van der Waals surface area (Å²) in [7, 11) is 0. The number of carbonyl (C=O) groups excluding carboxylic acids is 1. The topological polar surface area (TPSA) is 37.3 Å². The van der Waals surface area contributed by atoms with Gasteiger partial charge >= 0.3 is 0 Å². The molecular weight excluding hydrogens is 164 g/mol. The van der Waals surface area contributed by atoms with Gasteiger partial charge in [-0.15, -0.1) is 0 Å². The molecule has 0 unspecified atom stereocenters. The van der Waals surface area contributed by atoms with E-state index in [9.17, 15) is 4.79 Å². The lowest BCUT2D eigenvalue weighted by molar-refractivity contribution is -0.120. The van der Waals surface area contributed by atoms with Gasteiger partial charge in [-0.2, -0.15) is 0 Å². The third kappa shape index (κ3) is 0.976. The Kier molecular flexibility index (Phi) is 1.60. The molecule has 0 aliphatic heterocycles. The molecule has 0 amide bonds. The van der Waals surface area contributed by atoms with Crippen LogP contribution in [0, 0.1) is 23.2 Å². The summed E-state index contributed by atoms with van der Waals surface area (Å²) in [5.74, 6) is 1.18. The monoisotopic (exact) mass is 180 g/mol. The number of ketones is 1. The number of fused-ring (bicyclic) bond motifs is 1. The van der Waals surface area contributed by atoms with Crippen molar-refractivity contribution >= 4 is 5.78 Å². The van der Waals surface area contributed by atoms with Crippen LogP contribution in [0.3, 0.4) is 0 Å². The molecule has 2 rings (SSSR count). The zero-order valence-corrected chi connectivity index (χ0v) is 8.37. The minimum atomic E-state index is 0.0985. The molecule has 2 nitrogen and oxygen atoms in total. The van der Waals surface area contributed by atoms with Crippen LogP contribution in [0.25, 0.3) is 0 Å². The third-order valence-electron chi connectivity index (χ3n) is 3.86. The molecule has 2 aliphatic rings. The molecule has 0 saturated heterocycles. The molecule has 0 bridgehead atoms. The molecule has 0 spiro atoms. The van der Waals surface area contributed by atoms with E-state index in [0.717, 1.165) is 12.7 Å². The van der Waals surface area contributed by atoms with E-state index in [-0.39, 0.29) is 17.1 Å². The van der Waals surface area contributed by atoms with Crippen LogP contribution in [0.5, 0.6) is 0 Å². The van der Waals surface area contributed by atoms with Gasteiger partial charge in [-0.1, -0.05) is 20.8 Å². The standard InChI is InChI=1S/C11H16O2/c1-6-4-8-9(11(8,2)3)7(5-12)10(6)13/h5-6,8-9,12H,4H2,1-3H3/b7-5+/t6-,8+,9-/m1/s1. The van der Waals surface area contributed by atoms with Crippen molar-refractivity contribution in [2.24, 2.45) is 23.2 Å². The fourth-order valence-electron chi connectivity index (χ4n) is 2.87. The number of rotatable bonds is 0. The van der Waals surface area contributed by atoms with E-state index in [1.165, 1.54) is 0 Å². The Labute approximate surface area is 78.6 Å². The van der Waals surface area contributed by atoms with E-state index in [2.05, 4.69) is 13.8 Å². The Balaban J connectivity index is 2.32. The number of aliphatic hydroxyl groups excluding tert-OH is 1. The maximum Gasteiger partial charge on any atom is 0.165 e. The molecule has 2 aliphatic carbocycles. The van der Waals surface area contributed by atoms with Gasteiger partial charge in [0.25, 0.3) is 0 Å². The molecule has 13 heavy (non-hydrogen) atoms. The second-order valence-electron chi connectivity index (χ2n) is 4.99. The molecule has 2 fully saturated rings. The van der Waals surface area contributed by atoms with Crippen molar-refractivity contribution in [2.45, 2.75) is 27.2 Å². The smallest absolute Gasteiger partial charge is 0.165 e. The predicted octanol–water partition coefficient (Wildman–Crippen LogP) is 2.31. The van der Waals surface area contributed by atoms with Gasteiger partial charge in [0.15, 0.2) is 5.78 Å². The summed E-state index contributed by atoms with van der Waals surface area (Å²) in [4.78, 5) is 11.7. The highest BCUT2D eigenvalue weighted by Gasteiger charge is 2.63. The molecule has 1 N–H and O–H groups in total. The molecular formula is C11H16O2. The van der Waals surface area contributed by atoms with Crippen LogP contribution >= 0.6 is 0 Å². The van der Waals surface area contributed by atoms with Crippen LogP contribution < -0.4 is 0 Å². The fraction of sp³-hybridized carbons (Fsp3) is 0.727. The normalized spacial score (nSPS) is 44.7. The number of carbonyl (C=O) groups is 1. The lowest BCUT2D eigenvalue weighted by Gasteiger charge is -2.16. The van der Waals surface area contributed by atoms with Gasteiger partial charge in [-0.3, -0.25) is 4.79 Å². The predicted molar refractivity (Wildman–Crippen MR) is 50.3 cm³/mol. The summed E-state index contributed by atoms with van der Waals surface area (Å²) in [5, 5.41) is 9.03. The van der Waals surface area contributed by atoms with E-state index in [0.29, 0.717) is 17.4 Å². The Bertz CT molecular complexity index is 288. The maximum atomic E-state index is 11.7. The molecule has 2 heteroatoms. The number of Topliss-reactive ketones (excluding diaryl/α,β-unsaturated/α-hetero) is 1. The Morgan fingerprint density at radius 1 is 1.54 bits per heavy atom. The van der Waals surface area contributed by atoms with Crippen molar-refractivity contribution in [3.8, 4) is 0 Å². The number of hydrogen-bond donors (Lipinski definition) is 1. The summed E-state index contributed by atoms with van der Waals surface area (Å²) in [6.45, 7) is 6.31. The van der Waals surface area contributed by atoms with Gasteiger partial charge in [0.1, 0.15) is 0 Å². The van der Waals surface area contributed by atoms with Crippen molar-refractivity contribution in [1.82, 2.24) is 0 Å². The van der Waals surface area contributed by atoms with Gasteiger partial charge < -0.3 is 5.11 Å². The van der Waals surface area contributed by atoms with Crippen LogP contribution in [0.2, 0.25) is 0 Å². The molecule has 72 valence electrons. The number of allylic oxidation sites excluding steroid dienone is 1. The summed E-state index contributed by atoms with van der Waals surface area (Å²) in [6, 6.07) is 0. The van der Waals surface area contributed by atoms with Gasteiger partial charge in [-0.05, 0) is 23.7 Å². The first-order chi connectivity index (χ1) is 6.00. The number of aliphatic hydroxyl groups is 1. The maximum absolute atomic E-state index is 11.7. The van der Waals surface area contributed by atoms with E-state index in [4.69, 9.17) is 5.11 Å². The van der Waals surface area contributed by atoms with Gasteiger partial charge in [-0.25, -0.2) is 0 Å². The van der Waals surface area contributed by atoms with Crippen LogP contribution in [-0.2, 0) is 4.79 Å². The third-order valence-corrected chi connectivity index (χ3v) is 3.86. The van der Waals surface area contributed by atoms with Gasteiger partial charge in [0.2, 0.25) is 0 Å². The first-order valence-corrected chi connectivity index (χ1v) is 4.88. The SMILES string of the molecule is C[C@@H]1C[C@H]2[C@@H](/C(=C\O)C1=O)C2(C)C. The van der Waals surface area contributed by atoms with E-state index >= 15 is 0 Å². The lowest BCUT2D eigenvalue weighted by atomic mass is 9.86. The van der Waals surface area contributed by atoms with Crippen molar-refractivity contribution in [3.05, 3.63) is 11.8 Å². The molecule has 3 atom stereocenters. The van der Waals surface area contributed by atoms with Crippen molar-refractivity contribution < 1.29 is 9.90 Å². The Morgan fingerprint density at radius 2 is 2.15 bits per heavy atom. The highest BCUT2D eigenvalue weighted by molar-refractivity contribution is 5.99. The van der Waals surface area contributed by atoms with Crippen LogP contribution in [0.1, 0.15) is 27.2 Å². The quantitative estimate of drug-likeness (QED) is 0.459. The van der Waals surface area contributed by atoms with E-state index in [1.54, 1.807) is 0 Å². The Morgan fingerprint density at radius 3 is 2.69 bits per heavy atom. The summed E-state index contributed by atoms with van der Waals surface area (Å²) < 4.78 is 0. The van der Waals surface area contributed by atoms with Crippen molar-refractivity contribution in [2.75, 3.05) is 0 Å². The van der Waals surface area contributed by atoms with Crippen LogP contribution in [0.4, 0.5) is 0 Å². The number of hydrogen-bond acceptors (Lipinski definition) is 2. The van der Waals surface area contributed by atoms with Gasteiger partial charge in [0.05, 0.1) is 6.26 Å². The van der Waals surface area contributed by atoms with E-state index in [1.807, 2.05) is 6.92 Å². The average molecular weight is 180 g/mol. The zero-order chi connectivity index (χ0) is 9.80. The van der Waals surface area contributed by atoms with E-state index < -0.39 is 0 Å². The van der Waals surface area contributed by atoms with Crippen molar-refractivity contribution in [1.29, 1.82) is 0 Å². The summed E-state index contributed by atoms with van der Waals surface area (Å²) in [6.07, 6.45) is 2.03. The highest BCUT2D eigenvalue weighted by atomic mass is 16.2. The Hall–Kier alpha value is -0.790. The summed E-state index contributed by atoms with van der Waals surface area (Å²) >= 11 is 0. The minimum Gasteiger partial charge on any atom is -0.515 e. The zero-order valence-electron chi connectivity index (χ0n) is 8.37. The lowest BCUT2D eigenvalue weighted by Crippen LogP contribution is -2.20. The average Bonchev–Trinajstić information content (AvgIpc) is 2.57. The first kappa shape index (κ1) is 8.79. The molecule has 0 aromatic carbocycles. The first-order valence-electron chi connectivity index (χ1n) is 4.88.